The molecule has 0 unspecified atom stereocenters. The Bertz CT molecular complexity index is 932. The minimum atomic E-state index is -4.49. The smallest absolute Gasteiger partial charge is 0.381 e. The lowest BCUT2D eigenvalue weighted by Crippen LogP contribution is -2.28. The molecule has 7 heteroatoms. The van der Waals surface area contributed by atoms with Gasteiger partial charge in [-0.15, -0.1) is 0 Å². The molecule has 1 aromatic carbocycles. The van der Waals surface area contributed by atoms with Crippen molar-refractivity contribution in [3.05, 3.63) is 69.9 Å². The molecule has 0 saturated heterocycles. The number of likely N-dealkylation sites (N-methyl/N-ethyl adjacent to an activating group) is 1. The highest BCUT2D eigenvalue weighted by Crippen LogP contribution is 2.38. The van der Waals surface area contributed by atoms with E-state index >= 15 is 0 Å². The van der Waals surface area contributed by atoms with Gasteiger partial charge in [0, 0.05) is 42.7 Å². The van der Waals surface area contributed by atoms with E-state index in [1.54, 1.807) is 24.9 Å². The van der Waals surface area contributed by atoms with Gasteiger partial charge in [0.15, 0.2) is 0 Å². The van der Waals surface area contributed by atoms with Crippen LogP contribution in [0.15, 0.2) is 58.5 Å². The van der Waals surface area contributed by atoms with E-state index in [2.05, 4.69) is 5.32 Å². The minimum absolute atomic E-state index is 0.0869. The van der Waals surface area contributed by atoms with Crippen LogP contribution in [0, 0.1) is 5.82 Å². The molecule has 31 heavy (non-hydrogen) atoms. The molecule has 0 bridgehead atoms. The Kier molecular flexibility index (Phi) is 8.09. The third kappa shape index (κ3) is 5.99. The first-order chi connectivity index (χ1) is 14.5. The molecule has 0 fully saturated rings. The normalized spacial score (nSPS) is 16.4. The molecule has 170 valence electrons. The predicted octanol–water partition coefficient (Wildman–Crippen LogP) is 7.39. The Morgan fingerprint density at radius 3 is 2.39 bits per heavy atom. The number of anilines is 1. The Morgan fingerprint density at radius 2 is 1.87 bits per heavy atom. The van der Waals surface area contributed by atoms with Gasteiger partial charge in [0.2, 0.25) is 0 Å². The second-order valence-corrected chi connectivity index (χ2v) is 7.61. The zero-order valence-corrected chi connectivity index (χ0v) is 18.6. The molecule has 0 aromatic heterocycles. The van der Waals surface area contributed by atoms with Gasteiger partial charge < -0.3 is 10.2 Å². The number of rotatable bonds is 7. The van der Waals surface area contributed by atoms with E-state index in [0.717, 1.165) is 18.1 Å². The van der Waals surface area contributed by atoms with E-state index in [-0.39, 0.29) is 42.2 Å². The number of nitrogens with one attached hydrogen (secondary N) is 1. The Labute approximate surface area is 180 Å². The fraction of sp³-hybridized carbons (Fsp3) is 0.417. The second kappa shape index (κ2) is 10.2. The van der Waals surface area contributed by atoms with Crippen LogP contribution in [0.4, 0.5) is 27.6 Å². The first-order valence-corrected chi connectivity index (χ1v) is 10.3. The summed E-state index contributed by atoms with van der Waals surface area (Å²) in [6.45, 7) is 7.07. The van der Waals surface area contributed by atoms with Gasteiger partial charge in [-0.1, -0.05) is 19.9 Å². The van der Waals surface area contributed by atoms with Crippen LogP contribution in [0.1, 0.15) is 46.1 Å². The molecule has 0 amide bonds. The summed E-state index contributed by atoms with van der Waals surface area (Å²) in [6.07, 6.45) is -0.537. The molecule has 1 heterocycles. The molecule has 0 atom stereocenters. The molecule has 0 radical (unpaired) electrons. The molecule has 2 rings (SSSR count). The van der Waals surface area contributed by atoms with Crippen LogP contribution < -0.4 is 5.32 Å². The van der Waals surface area contributed by atoms with Gasteiger partial charge in [-0.05, 0) is 62.1 Å². The maximum absolute atomic E-state index is 14.9. The van der Waals surface area contributed by atoms with E-state index in [9.17, 15) is 22.0 Å². The van der Waals surface area contributed by atoms with Gasteiger partial charge in [-0.3, -0.25) is 0 Å². The van der Waals surface area contributed by atoms with E-state index in [1.807, 2.05) is 19.9 Å². The average Bonchev–Trinajstić information content (AvgIpc) is 2.67. The molecule has 1 N–H and O–H groups in total. The molecule has 0 aliphatic carbocycles. The van der Waals surface area contributed by atoms with Crippen molar-refractivity contribution in [1.29, 1.82) is 0 Å². The fourth-order valence-corrected chi connectivity index (χ4v) is 3.66. The number of allylic oxidation sites excluding steroid dienone is 4. The first-order valence-electron chi connectivity index (χ1n) is 10.3. The van der Waals surface area contributed by atoms with Gasteiger partial charge in [-0.25, -0.2) is 8.78 Å². The number of halogens is 5. The number of alkyl halides is 3. The number of hydrogen-bond donors (Lipinski definition) is 1. The lowest BCUT2D eigenvalue weighted by molar-refractivity contribution is -0.0896. The lowest BCUT2D eigenvalue weighted by Gasteiger charge is -2.31. The van der Waals surface area contributed by atoms with Crippen molar-refractivity contribution in [2.75, 3.05) is 25.5 Å². The maximum atomic E-state index is 14.9. The molecule has 1 aliphatic heterocycles. The molecule has 2 nitrogen and oxygen atoms in total. The number of benzene rings is 1. The minimum Gasteiger partial charge on any atom is -0.381 e. The van der Waals surface area contributed by atoms with Crippen LogP contribution in [0.2, 0.25) is 0 Å². The van der Waals surface area contributed by atoms with Gasteiger partial charge in [0.1, 0.15) is 11.6 Å². The Morgan fingerprint density at radius 1 is 1.19 bits per heavy atom. The largest absolute Gasteiger partial charge is 0.416 e. The van der Waals surface area contributed by atoms with Crippen LogP contribution >= 0.6 is 0 Å². The van der Waals surface area contributed by atoms with Crippen molar-refractivity contribution in [3.63, 3.8) is 0 Å². The van der Waals surface area contributed by atoms with Crippen LogP contribution in [0.5, 0.6) is 0 Å². The summed E-state index contributed by atoms with van der Waals surface area (Å²) < 4.78 is 69.1. The predicted molar refractivity (Wildman–Crippen MR) is 117 cm³/mol. The third-order valence-corrected chi connectivity index (χ3v) is 5.35. The van der Waals surface area contributed by atoms with Gasteiger partial charge in [-0.2, -0.15) is 13.2 Å². The highest BCUT2D eigenvalue weighted by atomic mass is 19.4. The zero-order chi connectivity index (χ0) is 23.3. The molecule has 0 saturated carbocycles. The van der Waals surface area contributed by atoms with Gasteiger partial charge in [0.05, 0.1) is 5.57 Å². The van der Waals surface area contributed by atoms with Crippen molar-refractivity contribution < 1.29 is 22.0 Å². The van der Waals surface area contributed by atoms with Crippen molar-refractivity contribution in [1.82, 2.24) is 4.90 Å². The summed E-state index contributed by atoms with van der Waals surface area (Å²) in [5.41, 5.74) is 1.54. The molecular formula is C24H29F5N2. The topological polar surface area (TPSA) is 15.3 Å². The highest BCUT2D eigenvalue weighted by Gasteiger charge is 2.37. The van der Waals surface area contributed by atoms with Crippen molar-refractivity contribution >= 4 is 11.4 Å². The monoisotopic (exact) mass is 440 g/mol. The molecule has 0 spiro atoms. The molecule has 1 aliphatic rings. The van der Waals surface area contributed by atoms with Crippen LogP contribution in [0.3, 0.4) is 0 Å². The van der Waals surface area contributed by atoms with Gasteiger partial charge >= 0.3 is 6.18 Å². The summed E-state index contributed by atoms with van der Waals surface area (Å²) in [6, 6.07) is 4.26. The van der Waals surface area contributed by atoms with Crippen LogP contribution in [-0.2, 0) is 0 Å². The van der Waals surface area contributed by atoms with E-state index < -0.39 is 17.6 Å². The third-order valence-electron chi connectivity index (χ3n) is 5.35. The van der Waals surface area contributed by atoms with Gasteiger partial charge in [0.25, 0.3) is 0 Å². The summed E-state index contributed by atoms with van der Waals surface area (Å²) >= 11 is 0. The summed E-state index contributed by atoms with van der Waals surface area (Å²) in [5, 5.41) is 3.00. The van der Waals surface area contributed by atoms with Crippen LogP contribution in [0.25, 0.3) is 5.70 Å². The second-order valence-electron chi connectivity index (χ2n) is 7.61. The van der Waals surface area contributed by atoms with E-state index in [1.165, 1.54) is 19.1 Å². The Hall–Kier alpha value is -2.57. The first kappa shape index (κ1) is 24.7. The number of nitrogens with zero attached hydrogens (tertiary/aromatic N) is 1. The summed E-state index contributed by atoms with van der Waals surface area (Å²) in [4.78, 5) is 1.62. The molecular weight excluding hydrogens is 411 g/mol. The van der Waals surface area contributed by atoms with Crippen LogP contribution in [-0.4, -0.2) is 31.2 Å². The maximum Gasteiger partial charge on any atom is 0.416 e. The molecule has 1 aromatic rings. The fourth-order valence-electron chi connectivity index (χ4n) is 3.66. The van der Waals surface area contributed by atoms with Crippen molar-refractivity contribution in [2.45, 2.75) is 46.7 Å². The van der Waals surface area contributed by atoms with E-state index in [0.29, 0.717) is 11.3 Å². The standard InChI is InChI=1S/C24H29F5N2/c1-6-8-15(3)20(16(4)25)13-30-18-9-10-19(22(26)11-18)23-12-21(24(27,28)29)17(7-2)14-31(23)5/h8-12,30H,6-7,13-14H2,1-5H3. The van der Waals surface area contributed by atoms with Crippen molar-refractivity contribution in [3.8, 4) is 0 Å². The number of hydrogen-bond acceptors (Lipinski definition) is 2. The lowest BCUT2D eigenvalue weighted by atomic mass is 9.96. The zero-order valence-electron chi connectivity index (χ0n) is 18.6. The highest BCUT2D eigenvalue weighted by molar-refractivity contribution is 5.71. The SMILES string of the molecule is CCC=C(C)C(CNc1ccc(C2=CC(C(F)(F)F)=C(CC)CN2C)c(F)c1)=C(C)F. The summed E-state index contributed by atoms with van der Waals surface area (Å²) in [7, 11) is 1.64. The quantitative estimate of drug-likeness (QED) is 0.351. The Balaban J connectivity index is 2.32. The van der Waals surface area contributed by atoms with E-state index in [4.69, 9.17) is 0 Å². The average molecular weight is 441 g/mol. The van der Waals surface area contributed by atoms with Crippen molar-refractivity contribution in [2.24, 2.45) is 0 Å². The summed E-state index contributed by atoms with van der Waals surface area (Å²) in [5.74, 6) is -0.966.